The van der Waals surface area contributed by atoms with Gasteiger partial charge >= 0.3 is 0 Å². The first kappa shape index (κ1) is 15.7. The number of nitrogens with zero attached hydrogens (tertiary/aromatic N) is 2. The summed E-state index contributed by atoms with van der Waals surface area (Å²) in [5.41, 5.74) is 3.20. The summed E-state index contributed by atoms with van der Waals surface area (Å²) in [6, 6.07) is 16.3. The van der Waals surface area contributed by atoms with Crippen LogP contribution in [0.4, 0.5) is 5.69 Å². The normalized spacial score (nSPS) is 11.1. The number of aromatic nitrogens is 2. The summed E-state index contributed by atoms with van der Waals surface area (Å²) in [4.78, 5) is 28.2. The van der Waals surface area contributed by atoms with Gasteiger partial charge < -0.3 is 0 Å². The van der Waals surface area contributed by atoms with E-state index in [2.05, 4.69) is 10.1 Å². The number of hydrogen-bond donors (Lipinski definition) is 1. The Morgan fingerprint density at radius 2 is 1.75 bits per heavy atom. The number of hydrogen-bond acceptors (Lipinski definition) is 3. The molecule has 1 heterocycles. The van der Waals surface area contributed by atoms with Gasteiger partial charge in [0.2, 0.25) is 0 Å². The smallest absolute Gasteiger partial charge is 0.280 e. The number of ketones is 1. The van der Waals surface area contributed by atoms with Crippen LogP contribution in [0.2, 0.25) is 0 Å². The third-order valence-corrected chi connectivity index (χ3v) is 3.75. The molecule has 3 rings (SSSR count). The zero-order valence-corrected chi connectivity index (χ0v) is 13.5. The highest BCUT2D eigenvalue weighted by molar-refractivity contribution is 5.94. The summed E-state index contributed by atoms with van der Waals surface area (Å²) in [5.74, 6) is 0.0118. The lowest BCUT2D eigenvalue weighted by molar-refractivity contribution is 0.101. The lowest BCUT2D eigenvalue weighted by atomic mass is 10.1. The number of nitrogens with one attached hydrogen (secondary N) is 1. The Balaban J connectivity index is 1.92. The number of carbonyl (C=O) groups is 1. The van der Waals surface area contributed by atoms with Crippen molar-refractivity contribution in [1.29, 1.82) is 0 Å². The summed E-state index contributed by atoms with van der Waals surface area (Å²) in [6.07, 6.45) is 1.55. The largest absolute Gasteiger partial charge is 0.295 e. The third-order valence-electron chi connectivity index (χ3n) is 3.75. The molecule has 120 valence electrons. The van der Waals surface area contributed by atoms with Crippen LogP contribution < -0.4 is 5.56 Å². The molecule has 24 heavy (non-hydrogen) atoms. The van der Waals surface area contributed by atoms with Gasteiger partial charge in [0.25, 0.3) is 5.56 Å². The zero-order chi connectivity index (χ0) is 17.1. The van der Waals surface area contributed by atoms with Gasteiger partial charge in [-0.2, -0.15) is 0 Å². The van der Waals surface area contributed by atoms with Gasteiger partial charge in [-0.05, 0) is 50.2 Å². The van der Waals surface area contributed by atoms with E-state index in [4.69, 9.17) is 0 Å². The number of Topliss-reactive ketones (excluding diaryl/α,β-unsaturated/α-hetero) is 1. The molecule has 5 nitrogen and oxygen atoms in total. The van der Waals surface area contributed by atoms with Crippen molar-refractivity contribution in [1.82, 2.24) is 9.78 Å². The number of para-hydroxylation sites is 1. The van der Waals surface area contributed by atoms with Crippen LogP contribution in [0.25, 0.3) is 5.69 Å². The number of aliphatic imine (C=N–C) groups is 1. The zero-order valence-electron chi connectivity index (χ0n) is 13.5. The van der Waals surface area contributed by atoms with Crippen LogP contribution in [0.15, 0.2) is 64.4 Å². The van der Waals surface area contributed by atoms with E-state index >= 15 is 0 Å². The van der Waals surface area contributed by atoms with Crippen LogP contribution in [0.1, 0.15) is 28.5 Å². The molecule has 1 N–H and O–H groups in total. The Labute approximate surface area is 139 Å². The molecule has 0 unspecified atom stereocenters. The van der Waals surface area contributed by atoms with Crippen molar-refractivity contribution >= 4 is 17.7 Å². The van der Waals surface area contributed by atoms with Gasteiger partial charge in [-0.1, -0.05) is 18.2 Å². The van der Waals surface area contributed by atoms with Crippen LogP contribution in [0.5, 0.6) is 0 Å². The highest BCUT2D eigenvalue weighted by Gasteiger charge is 2.10. The van der Waals surface area contributed by atoms with E-state index in [0.717, 1.165) is 11.4 Å². The minimum atomic E-state index is -0.150. The van der Waals surface area contributed by atoms with Gasteiger partial charge in [0.05, 0.1) is 16.9 Å². The minimum Gasteiger partial charge on any atom is -0.295 e. The van der Waals surface area contributed by atoms with Crippen LogP contribution in [0.3, 0.4) is 0 Å². The number of carbonyl (C=O) groups excluding carboxylic acids is 1. The molecule has 0 atom stereocenters. The fourth-order valence-electron chi connectivity index (χ4n) is 2.39. The van der Waals surface area contributed by atoms with Crippen LogP contribution in [-0.2, 0) is 0 Å². The maximum absolute atomic E-state index is 12.6. The predicted molar refractivity (Wildman–Crippen MR) is 94.8 cm³/mol. The van der Waals surface area contributed by atoms with E-state index in [1.807, 2.05) is 37.3 Å². The van der Waals surface area contributed by atoms with Gasteiger partial charge in [-0.3, -0.25) is 19.7 Å². The van der Waals surface area contributed by atoms with E-state index < -0.39 is 0 Å². The second kappa shape index (κ2) is 6.50. The topological polar surface area (TPSA) is 67.2 Å². The van der Waals surface area contributed by atoms with Gasteiger partial charge in [0.1, 0.15) is 0 Å². The van der Waals surface area contributed by atoms with Crippen molar-refractivity contribution < 1.29 is 4.79 Å². The van der Waals surface area contributed by atoms with Crippen molar-refractivity contribution in [2.75, 3.05) is 0 Å². The molecule has 0 radical (unpaired) electrons. The maximum atomic E-state index is 12.6. The second-order valence-corrected chi connectivity index (χ2v) is 5.49. The first-order valence-electron chi connectivity index (χ1n) is 7.58. The Bertz CT molecular complexity index is 949. The minimum absolute atomic E-state index is 0.0118. The summed E-state index contributed by atoms with van der Waals surface area (Å²) in [6.45, 7) is 3.36. The van der Waals surface area contributed by atoms with Crippen molar-refractivity contribution in [2.24, 2.45) is 4.99 Å². The quantitative estimate of drug-likeness (QED) is 0.591. The fraction of sp³-hybridized carbons (Fsp3) is 0.105. The van der Waals surface area contributed by atoms with Gasteiger partial charge in [-0.15, -0.1) is 0 Å². The highest BCUT2D eigenvalue weighted by atomic mass is 16.1. The highest BCUT2D eigenvalue weighted by Crippen LogP contribution is 2.14. The molecule has 0 fully saturated rings. The molecule has 0 amide bonds. The van der Waals surface area contributed by atoms with Crippen molar-refractivity contribution in [3.63, 3.8) is 0 Å². The van der Waals surface area contributed by atoms with Gasteiger partial charge in [-0.25, -0.2) is 4.68 Å². The molecular formula is C19H17N3O2. The molecule has 0 spiro atoms. The van der Waals surface area contributed by atoms with Crippen LogP contribution in [0, 0.1) is 6.92 Å². The van der Waals surface area contributed by atoms with E-state index in [1.54, 1.807) is 30.5 Å². The number of aryl methyl sites for hydroxylation is 1. The molecule has 0 aliphatic carbocycles. The Hall–Kier alpha value is -3.21. The lowest BCUT2D eigenvalue weighted by Crippen LogP contribution is -2.17. The molecular weight excluding hydrogens is 302 g/mol. The van der Waals surface area contributed by atoms with Crippen molar-refractivity contribution in [3.05, 3.63) is 81.8 Å². The summed E-state index contributed by atoms with van der Waals surface area (Å²) >= 11 is 0. The molecule has 1 aromatic heterocycles. The van der Waals surface area contributed by atoms with E-state index in [1.165, 1.54) is 11.6 Å². The summed E-state index contributed by atoms with van der Waals surface area (Å²) in [5, 5.41) is 3.06. The van der Waals surface area contributed by atoms with E-state index in [-0.39, 0.29) is 11.3 Å². The molecule has 2 aromatic carbocycles. The first-order valence-corrected chi connectivity index (χ1v) is 7.58. The van der Waals surface area contributed by atoms with Crippen LogP contribution >= 0.6 is 0 Å². The number of rotatable bonds is 4. The van der Waals surface area contributed by atoms with Gasteiger partial charge in [0.15, 0.2) is 5.78 Å². The first-order chi connectivity index (χ1) is 11.6. The van der Waals surface area contributed by atoms with Crippen molar-refractivity contribution in [3.8, 4) is 5.69 Å². The second-order valence-electron chi connectivity index (χ2n) is 5.49. The summed E-state index contributed by atoms with van der Waals surface area (Å²) < 4.78 is 1.50. The van der Waals surface area contributed by atoms with E-state index in [9.17, 15) is 9.59 Å². The van der Waals surface area contributed by atoms with Crippen molar-refractivity contribution in [2.45, 2.75) is 13.8 Å². The molecule has 0 saturated carbocycles. The number of benzene rings is 2. The standard InChI is InChI=1S/C19H17N3O2/c1-13-18(12-20-16-10-8-15(9-11-16)14(2)23)19(24)22(21-13)17-6-4-3-5-7-17/h3-12,21H,1-2H3. The number of H-pyrrole nitrogens is 1. The van der Waals surface area contributed by atoms with Gasteiger partial charge in [0, 0.05) is 17.5 Å². The maximum Gasteiger partial charge on any atom is 0.280 e. The van der Waals surface area contributed by atoms with E-state index in [0.29, 0.717) is 16.8 Å². The molecule has 0 bridgehead atoms. The molecule has 3 aromatic rings. The Morgan fingerprint density at radius 3 is 2.38 bits per heavy atom. The number of aromatic amines is 1. The monoisotopic (exact) mass is 319 g/mol. The van der Waals surface area contributed by atoms with Crippen LogP contribution in [-0.4, -0.2) is 21.8 Å². The fourth-order valence-corrected chi connectivity index (χ4v) is 2.39. The Kier molecular flexibility index (Phi) is 4.24. The summed E-state index contributed by atoms with van der Waals surface area (Å²) in [7, 11) is 0. The molecule has 0 saturated heterocycles. The third kappa shape index (κ3) is 3.10. The molecule has 0 aliphatic rings. The average molecular weight is 319 g/mol. The predicted octanol–water partition coefficient (Wildman–Crippen LogP) is 3.43. The molecule has 0 aliphatic heterocycles. The molecule has 5 heteroatoms. The average Bonchev–Trinajstić information content (AvgIpc) is 2.88. The Morgan fingerprint density at radius 1 is 1.08 bits per heavy atom. The lowest BCUT2D eigenvalue weighted by Gasteiger charge is -1.99. The SMILES string of the molecule is CC(=O)c1ccc(N=Cc2c(C)[nH]n(-c3ccccc3)c2=O)cc1.